The number of piperidine rings is 1. The number of nitrogens with two attached hydrogens (primary N) is 1. The quantitative estimate of drug-likeness (QED) is 0.755. The van der Waals surface area contributed by atoms with Crippen molar-refractivity contribution in [3.05, 3.63) is 23.7 Å². The molecule has 110 valence electrons. The van der Waals surface area contributed by atoms with Crippen LogP contribution >= 0.6 is 0 Å². The van der Waals surface area contributed by atoms with Crippen LogP contribution in [0.5, 0.6) is 0 Å². The first-order valence-corrected chi connectivity index (χ1v) is 7.78. The predicted octanol–water partition coefficient (Wildman–Crippen LogP) is 0.211. The number of nitrogens with zero attached hydrogens (tertiary/aromatic N) is 2. The van der Waals surface area contributed by atoms with Crippen LogP contribution in [0.1, 0.15) is 19.3 Å². The van der Waals surface area contributed by atoms with E-state index in [1.54, 1.807) is 6.20 Å². The third-order valence-corrected chi connectivity index (χ3v) is 5.09. The highest BCUT2D eigenvalue weighted by Crippen LogP contribution is 2.39. The normalized spacial score (nSPS) is 38.5. The van der Waals surface area contributed by atoms with E-state index >= 15 is 0 Å². The predicted molar refractivity (Wildman–Crippen MR) is 77.8 cm³/mol. The van der Waals surface area contributed by atoms with Gasteiger partial charge in [0.1, 0.15) is 0 Å². The van der Waals surface area contributed by atoms with Crippen molar-refractivity contribution in [3.8, 4) is 0 Å². The molecule has 4 aliphatic rings. The van der Waals surface area contributed by atoms with Crippen LogP contribution in [0.2, 0.25) is 0 Å². The summed E-state index contributed by atoms with van der Waals surface area (Å²) in [5, 5.41) is 3.40. The number of rotatable bonds is 2. The number of allylic oxidation sites excluding steroid dienone is 1. The van der Waals surface area contributed by atoms with E-state index in [2.05, 4.69) is 21.3 Å². The van der Waals surface area contributed by atoms with E-state index in [1.807, 2.05) is 0 Å². The van der Waals surface area contributed by atoms with Crippen molar-refractivity contribution in [2.75, 3.05) is 32.8 Å². The van der Waals surface area contributed by atoms with Crippen LogP contribution < -0.4 is 11.1 Å². The molecule has 0 spiro atoms. The van der Waals surface area contributed by atoms with Gasteiger partial charge in [0.05, 0.1) is 19.3 Å². The number of hydrogen-bond acceptors (Lipinski definition) is 5. The minimum absolute atomic E-state index is 0.702. The Balaban J connectivity index is 1.35. The van der Waals surface area contributed by atoms with E-state index in [9.17, 15) is 0 Å². The van der Waals surface area contributed by atoms with Gasteiger partial charge >= 0.3 is 0 Å². The van der Waals surface area contributed by atoms with Gasteiger partial charge in [-0.3, -0.25) is 4.90 Å². The highest BCUT2D eigenvalue weighted by Gasteiger charge is 2.51. The molecule has 0 bridgehead atoms. The summed E-state index contributed by atoms with van der Waals surface area (Å²) in [5.74, 6) is 0. The molecule has 3 N–H and O–H groups in total. The number of fused-ring (bicyclic) bond motifs is 1. The van der Waals surface area contributed by atoms with Crippen molar-refractivity contribution in [1.82, 2.24) is 15.1 Å². The minimum atomic E-state index is 0.702. The maximum atomic E-state index is 5.55. The van der Waals surface area contributed by atoms with Gasteiger partial charge in [-0.2, -0.15) is 0 Å². The first-order chi connectivity index (χ1) is 9.85. The zero-order valence-corrected chi connectivity index (χ0v) is 11.9. The van der Waals surface area contributed by atoms with Crippen molar-refractivity contribution in [2.24, 2.45) is 5.73 Å². The summed E-state index contributed by atoms with van der Waals surface area (Å²) in [5.41, 5.74) is 8.25. The molecule has 4 rings (SSSR count). The van der Waals surface area contributed by atoms with Crippen LogP contribution in [0.25, 0.3) is 0 Å². The van der Waals surface area contributed by atoms with Crippen LogP contribution in [0, 0.1) is 0 Å². The van der Waals surface area contributed by atoms with Crippen LogP contribution in [0.4, 0.5) is 0 Å². The smallest absolute Gasteiger partial charge is 0.0645 e. The van der Waals surface area contributed by atoms with Crippen LogP contribution in [0.3, 0.4) is 0 Å². The van der Waals surface area contributed by atoms with Crippen molar-refractivity contribution in [2.45, 2.75) is 37.4 Å². The van der Waals surface area contributed by atoms with E-state index in [-0.39, 0.29) is 0 Å². The molecule has 20 heavy (non-hydrogen) atoms. The van der Waals surface area contributed by atoms with E-state index in [1.165, 1.54) is 30.8 Å². The van der Waals surface area contributed by atoms with Crippen LogP contribution in [0.15, 0.2) is 23.7 Å². The fourth-order valence-electron chi connectivity index (χ4n) is 3.66. The van der Waals surface area contributed by atoms with E-state index in [4.69, 9.17) is 10.5 Å². The lowest BCUT2D eigenvalue weighted by Crippen LogP contribution is -2.56. The number of piperazine rings is 1. The van der Waals surface area contributed by atoms with Crippen molar-refractivity contribution in [3.63, 3.8) is 0 Å². The molecule has 3 saturated heterocycles. The molecule has 0 amide bonds. The van der Waals surface area contributed by atoms with Gasteiger partial charge in [-0.05, 0) is 24.8 Å². The van der Waals surface area contributed by atoms with Crippen molar-refractivity contribution < 1.29 is 4.74 Å². The van der Waals surface area contributed by atoms with Gasteiger partial charge in [0.25, 0.3) is 0 Å². The molecular formula is C15H24N4O. The Bertz CT molecular complexity index is 431. The van der Waals surface area contributed by atoms with Gasteiger partial charge in [0, 0.05) is 49.8 Å². The first-order valence-electron chi connectivity index (χ1n) is 7.78. The van der Waals surface area contributed by atoms with E-state index < -0.39 is 0 Å². The number of hydrogen-bond donors (Lipinski definition) is 2. The maximum Gasteiger partial charge on any atom is 0.0645 e. The molecule has 3 heterocycles. The zero-order valence-electron chi connectivity index (χ0n) is 11.9. The van der Waals surface area contributed by atoms with Gasteiger partial charge in [-0.25, -0.2) is 0 Å². The molecule has 0 radical (unpaired) electrons. The average Bonchev–Trinajstić information content (AvgIpc) is 3.21. The summed E-state index contributed by atoms with van der Waals surface area (Å²) < 4.78 is 5.33. The van der Waals surface area contributed by atoms with Crippen LogP contribution in [-0.4, -0.2) is 60.8 Å². The average molecular weight is 276 g/mol. The summed E-state index contributed by atoms with van der Waals surface area (Å²) in [6.07, 6.45) is 7.65. The van der Waals surface area contributed by atoms with Gasteiger partial charge in [-0.15, -0.1) is 0 Å². The molecule has 1 saturated carbocycles. The first kappa shape index (κ1) is 12.5. The Kier molecular flexibility index (Phi) is 3.11. The highest BCUT2D eigenvalue weighted by atomic mass is 16.5. The summed E-state index contributed by atoms with van der Waals surface area (Å²) in [6.45, 7) is 5.21. The highest BCUT2D eigenvalue weighted by molar-refractivity contribution is 5.18. The lowest BCUT2D eigenvalue weighted by Gasteiger charge is -2.42. The maximum absolute atomic E-state index is 5.55. The Morgan fingerprint density at radius 2 is 2.10 bits per heavy atom. The molecular weight excluding hydrogens is 252 g/mol. The molecule has 1 aliphatic carbocycles. The molecule has 5 heteroatoms. The summed E-state index contributed by atoms with van der Waals surface area (Å²) in [7, 11) is 0. The lowest BCUT2D eigenvalue weighted by atomic mass is 10.0. The number of ether oxygens (including phenoxy) is 1. The molecule has 5 nitrogen and oxygen atoms in total. The SMILES string of the molecule is N/C=C1/CC/C(=C\N2CCN(C3COC3)C3CC32)CN1. The zero-order chi connectivity index (χ0) is 13.5. The van der Waals surface area contributed by atoms with Gasteiger partial charge in [0.15, 0.2) is 0 Å². The topological polar surface area (TPSA) is 53.8 Å². The van der Waals surface area contributed by atoms with Gasteiger partial charge in [-0.1, -0.05) is 0 Å². The largest absolute Gasteiger partial charge is 0.403 e. The Labute approximate surface area is 120 Å². The second-order valence-corrected chi connectivity index (χ2v) is 6.37. The Hall–Kier alpha value is -1.20. The minimum Gasteiger partial charge on any atom is -0.403 e. The summed E-state index contributed by atoms with van der Waals surface area (Å²) in [6, 6.07) is 2.24. The summed E-state index contributed by atoms with van der Waals surface area (Å²) >= 11 is 0. The van der Waals surface area contributed by atoms with Crippen LogP contribution in [-0.2, 0) is 4.74 Å². The Morgan fingerprint density at radius 1 is 1.20 bits per heavy atom. The van der Waals surface area contributed by atoms with Gasteiger partial charge < -0.3 is 20.7 Å². The molecule has 3 aliphatic heterocycles. The molecule has 2 atom stereocenters. The fourth-order valence-corrected chi connectivity index (χ4v) is 3.66. The molecule has 0 aromatic carbocycles. The van der Waals surface area contributed by atoms with Crippen molar-refractivity contribution >= 4 is 0 Å². The second kappa shape index (κ2) is 4.97. The molecule has 2 unspecified atom stereocenters. The van der Waals surface area contributed by atoms with Gasteiger partial charge in [0.2, 0.25) is 0 Å². The molecule has 0 aromatic rings. The lowest BCUT2D eigenvalue weighted by molar-refractivity contribution is -0.0771. The van der Waals surface area contributed by atoms with E-state index in [0.717, 1.165) is 44.7 Å². The fraction of sp³-hybridized carbons (Fsp3) is 0.733. The summed E-state index contributed by atoms with van der Waals surface area (Å²) in [4.78, 5) is 5.26. The second-order valence-electron chi connectivity index (χ2n) is 6.37. The van der Waals surface area contributed by atoms with E-state index in [0.29, 0.717) is 6.04 Å². The monoisotopic (exact) mass is 276 g/mol. The number of nitrogens with one attached hydrogen (secondary N) is 1. The Morgan fingerprint density at radius 3 is 2.75 bits per heavy atom. The third kappa shape index (κ3) is 2.19. The standard InChI is InChI=1S/C15H24N4O/c16-6-12-2-1-11(7-17-12)8-18-3-4-19(13-9-20-10-13)15-5-14(15)18/h6,8,13-15,17H,1-5,7,9-10,16H2/b11-8+,12-6-. The van der Waals surface area contributed by atoms with Crippen molar-refractivity contribution in [1.29, 1.82) is 0 Å². The third-order valence-electron chi connectivity index (χ3n) is 5.09. The molecule has 0 aromatic heterocycles. The molecule has 4 fully saturated rings.